The van der Waals surface area contributed by atoms with E-state index in [9.17, 15) is 37.5 Å². The largest absolute Gasteiger partial charge is 0.477 e. The van der Waals surface area contributed by atoms with Crippen molar-refractivity contribution in [1.29, 1.82) is 0 Å². The van der Waals surface area contributed by atoms with E-state index in [1.807, 2.05) is 0 Å². The van der Waals surface area contributed by atoms with Crippen molar-refractivity contribution in [2.45, 2.75) is 26.1 Å². The van der Waals surface area contributed by atoms with Crippen LogP contribution < -0.4 is 16.9 Å². The minimum atomic E-state index is -4.66. The second kappa shape index (κ2) is 8.40. The number of carboxylic acids is 1. The van der Waals surface area contributed by atoms with Gasteiger partial charge in [-0.15, -0.1) is 0 Å². The lowest BCUT2D eigenvalue weighted by Gasteiger charge is -2.21. The Morgan fingerprint density at radius 3 is 2.22 bits per heavy atom. The van der Waals surface area contributed by atoms with E-state index in [-0.39, 0.29) is 22.5 Å². The van der Waals surface area contributed by atoms with Crippen LogP contribution in [0.3, 0.4) is 0 Å². The molecule has 0 aliphatic rings. The zero-order chi connectivity index (χ0) is 26.7. The molecule has 0 spiro atoms. The summed E-state index contributed by atoms with van der Waals surface area (Å²) >= 11 is 0. The van der Waals surface area contributed by atoms with E-state index >= 15 is 0 Å². The molecule has 0 saturated carbocycles. The fourth-order valence-electron chi connectivity index (χ4n) is 4.44. The molecular weight excluding hydrogens is 481 g/mol. The van der Waals surface area contributed by atoms with Gasteiger partial charge >= 0.3 is 23.5 Å². The van der Waals surface area contributed by atoms with Gasteiger partial charge in [0.25, 0.3) is 5.56 Å². The van der Waals surface area contributed by atoms with Crippen molar-refractivity contribution in [2.75, 3.05) is 0 Å². The average molecular weight is 502 g/mol. The summed E-state index contributed by atoms with van der Waals surface area (Å²) in [4.78, 5) is 50.7. The number of fused-ring (bicyclic) bond motifs is 1. The number of imidazole rings is 1. The van der Waals surface area contributed by atoms with Gasteiger partial charge in [-0.3, -0.25) is 23.1 Å². The third kappa shape index (κ3) is 3.74. The van der Waals surface area contributed by atoms with Crippen molar-refractivity contribution in [3.63, 3.8) is 0 Å². The van der Waals surface area contributed by atoms with E-state index in [4.69, 9.17) is 0 Å². The highest BCUT2D eigenvalue weighted by Crippen LogP contribution is 2.34. The fraction of sp³-hybridized carbons (Fsp3) is 0.250. The lowest BCUT2D eigenvalue weighted by molar-refractivity contribution is -0.138. The standard InChI is InChI=1S/C24H21F3N4O5/c1-12-15(6-5-7-17(12)24(25,26)27)13(2)31-20(32)16(21(33)34)11-30(23(31)36)14-8-9-18-19(10-14)29(4)22(35)28(18)3/h5-11,13H,1-4H3,(H,33,34). The molecule has 12 heteroatoms. The van der Waals surface area contributed by atoms with Gasteiger partial charge in [-0.1, -0.05) is 12.1 Å². The molecule has 0 amide bonds. The molecule has 2 aromatic heterocycles. The SMILES string of the molecule is Cc1c(C(C)n2c(=O)c(C(=O)O)cn(-c3ccc4c(c3)n(C)c(=O)n4C)c2=O)cccc1C(F)(F)F. The first-order valence-electron chi connectivity index (χ1n) is 10.7. The van der Waals surface area contributed by atoms with Crippen LogP contribution >= 0.6 is 0 Å². The molecule has 188 valence electrons. The number of rotatable bonds is 4. The van der Waals surface area contributed by atoms with Crippen LogP contribution in [0.15, 0.2) is 57.0 Å². The number of hydrogen-bond donors (Lipinski definition) is 1. The summed E-state index contributed by atoms with van der Waals surface area (Å²) in [5.41, 5.74) is -3.07. The second-order valence-electron chi connectivity index (χ2n) is 8.44. The maximum Gasteiger partial charge on any atom is 0.416 e. The summed E-state index contributed by atoms with van der Waals surface area (Å²) in [5, 5.41) is 9.64. The van der Waals surface area contributed by atoms with Crippen LogP contribution in [0.2, 0.25) is 0 Å². The Morgan fingerprint density at radius 1 is 0.972 bits per heavy atom. The van der Waals surface area contributed by atoms with Crippen molar-refractivity contribution in [3.05, 3.63) is 96.2 Å². The highest BCUT2D eigenvalue weighted by atomic mass is 19.4. The minimum Gasteiger partial charge on any atom is -0.477 e. The molecule has 4 rings (SSSR count). The molecular formula is C24H21F3N4O5. The number of aromatic carboxylic acids is 1. The Labute approximate surface area is 200 Å². The predicted octanol–water partition coefficient (Wildman–Crippen LogP) is 2.82. The van der Waals surface area contributed by atoms with Gasteiger partial charge in [-0.05, 0) is 49.2 Å². The number of benzene rings is 2. The molecule has 1 N–H and O–H groups in total. The van der Waals surface area contributed by atoms with Crippen LogP contribution in [-0.2, 0) is 20.3 Å². The molecule has 0 bridgehead atoms. The summed E-state index contributed by atoms with van der Waals surface area (Å²) in [6, 6.07) is 6.71. The molecule has 36 heavy (non-hydrogen) atoms. The van der Waals surface area contributed by atoms with Gasteiger partial charge in [0.15, 0.2) is 0 Å². The third-order valence-electron chi connectivity index (χ3n) is 6.40. The topological polar surface area (TPSA) is 108 Å². The molecule has 1 unspecified atom stereocenters. The zero-order valence-electron chi connectivity index (χ0n) is 19.6. The molecule has 0 radical (unpaired) electrons. The number of carboxylic acid groups (broad SMARTS) is 1. The molecule has 0 saturated heterocycles. The molecule has 2 heterocycles. The van der Waals surface area contributed by atoms with Crippen molar-refractivity contribution >= 4 is 17.0 Å². The molecule has 0 aliphatic carbocycles. The summed E-state index contributed by atoms with van der Waals surface area (Å²) in [6.45, 7) is 2.58. The number of aromatic nitrogens is 4. The van der Waals surface area contributed by atoms with E-state index in [0.29, 0.717) is 15.6 Å². The number of hydrogen-bond acceptors (Lipinski definition) is 4. The highest BCUT2D eigenvalue weighted by molar-refractivity contribution is 5.87. The van der Waals surface area contributed by atoms with Crippen molar-refractivity contribution in [2.24, 2.45) is 14.1 Å². The van der Waals surface area contributed by atoms with E-state index in [0.717, 1.165) is 22.9 Å². The summed E-state index contributed by atoms with van der Waals surface area (Å²) < 4.78 is 44.7. The Kier molecular flexibility index (Phi) is 5.78. The summed E-state index contributed by atoms with van der Waals surface area (Å²) in [7, 11) is 3.09. The molecule has 9 nitrogen and oxygen atoms in total. The predicted molar refractivity (Wildman–Crippen MR) is 125 cm³/mol. The van der Waals surface area contributed by atoms with E-state index in [1.54, 1.807) is 13.1 Å². The smallest absolute Gasteiger partial charge is 0.416 e. The van der Waals surface area contributed by atoms with Crippen LogP contribution in [0.25, 0.3) is 16.7 Å². The number of carbonyl (C=O) groups is 1. The molecule has 4 aromatic rings. The number of halogens is 3. The zero-order valence-corrected chi connectivity index (χ0v) is 19.6. The van der Waals surface area contributed by atoms with Crippen LogP contribution in [0.1, 0.15) is 40.0 Å². The van der Waals surface area contributed by atoms with Crippen LogP contribution in [-0.4, -0.2) is 29.3 Å². The first kappa shape index (κ1) is 24.8. The number of nitrogens with zero attached hydrogens (tertiary/aromatic N) is 4. The second-order valence-corrected chi connectivity index (χ2v) is 8.44. The maximum atomic E-state index is 13.5. The van der Waals surface area contributed by atoms with E-state index in [1.165, 1.54) is 48.2 Å². The lowest BCUT2D eigenvalue weighted by atomic mass is 9.97. The van der Waals surface area contributed by atoms with Gasteiger partial charge in [0.1, 0.15) is 5.56 Å². The van der Waals surface area contributed by atoms with Crippen LogP contribution in [0.4, 0.5) is 13.2 Å². The van der Waals surface area contributed by atoms with E-state index < -0.39 is 40.6 Å². The average Bonchev–Trinajstić information content (AvgIpc) is 3.01. The Hall–Kier alpha value is -4.35. The van der Waals surface area contributed by atoms with Gasteiger partial charge in [-0.2, -0.15) is 13.2 Å². The first-order valence-corrected chi connectivity index (χ1v) is 10.7. The highest BCUT2D eigenvalue weighted by Gasteiger charge is 2.34. The van der Waals surface area contributed by atoms with Gasteiger partial charge in [0.2, 0.25) is 0 Å². The molecule has 2 aromatic carbocycles. The van der Waals surface area contributed by atoms with Crippen LogP contribution in [0.5, 0.6) is 0 Å². The van der Waals surface area contributed by atoms with Gasteiger partial charge < -0.3 is 5.11 Å². The normalized spacial score (nSPS) is 12.8. The Bertz CT molecular complexity index is 1720. The van der Waals surface area contributed by atoms with Gasteiger partial charge in [-0.25, -0.2) is 14.4 Å². The van der Waals surface area contributed by atoms with E-state index in [2.05, 4.69) is 0 Å². The number of alkyl halides is 3. The molecule has 1 atom stereocenters. The first-order chi connectivity index (χ1) is 16.8. The van der Waals surface area contributed by atoms with Gasteiger partial charge in [0.05, 0.1) is 28.3 Å². The Balaban J connectivity index is 2.01. The molecule has 0 fully saturated rings. The fourth-order valence-corrected chi connectivity index (χ4v) is 4.44. The maximum absolute atomic E-state index is 13.5. The minimum absolute atomic E-state index is 0.0408. The third-order valence-corrected chi connectivity index (χ3v) is 6.40. The summed E-state index contributed by atoms with van der Waals surface area (Å²) in [6.07, 6.45) is -3.79. The lowest BCUT2D eigenvalue weighted by Crippen LogP contribution is -2.43. The van der Waals surface area contributed by atoms with Gasteiger partial charge in [0, 0.05) is 20.3 Å². The van der Waals surface area contributed by atoms with Crippen molar-refractivity contribution < 1.29 is 23.1 Å². The molecule has 0 aliphatic heterocycles. The van der Waals surface area contributed by atoms with Crippen molar-refractivity contribution in [3.8, 4) is 5.69 Å². The Morgan fingerprint density at radius 2 is 1.61 bits per heavy atom. The quantitative estimate of drug-likeness (QED) is 0.462. The monoisotopic (exact) mass is 502 g/mol. The summed E-state index contributed by atoms with van der Waals surface area (Å²) in [5.74, 6) is -1.61. The van der Waals surface area contributed by atoms with Crippen LogP contribution in [0, 0.1) is 6.92 Å². The number of aryl methyl sites for hydroxylation is 2. The van der Waals surface area contributed by atoms with Crippen molar-refractivity contribution in [1.82, 2.24) is 18.3 Å².